The quantitative estimate of drug-likeness (QED) is 0.832. The van der Waals surface area contributed by atoms with Crippen LogP contribution in [0.5, 0.6) is 11.5 Å². The number of hydrogen-bond acceptors (Lipinski definition) is 3. The molecule has 0 fully saturated rings. The van der Waals surface area contributed by atoms with Crippen LogP contribution in [0.15, 0.2) is 12.1 Å². The van der Waals surface area contributed by atoms with Crippen LogP contribution in [0, 0.1) is 5.82 Å². The van der Waals surface area contributed by atoms with Crippen molar-refractivity contribution in [2.75, 3.05) is 20.8 Å². The molecular formula is C11H15FO3. The molecule has 0 aromatic heterocycles. The van der Waals surface area contributed by atoms with Gasteiger partial charge in [0.2, 0.25) is 0 Å². The summed E-state index contributed by atoms with van der Waals surface area (Å²) in [4.78, 5) is 0. The maximum absolute atomic E-state index is 13.2. The molecule has 0 bridgehead atoms. The molecule has 84 valence electrons. The predicted octanol–water partition coefficient (Wildman–Crippen LogP) is 1.94. The first kappa shape index (κ1) is 11.8. The summed E-state index contributed by atoms with van der Waals surface area (Å²) in [7, 11) is 2.94. The number of hydrogen-bond donors (Lipinski definition) is 1. The van der Waals surface area contributed by atoms with Gasteiger partial charge in [0.1, 0.15) is 5.82 Å². The third-order valence-electron chi connectivity index (χ3n) is 2.28. The van der Waals surface area contributed by atoms with Crippen molar-refractivity contribution in [3.8, 4) is 11.5 Å². The van der Waals surface area contributed by atoms with Gasteiger partial charge in [-0.25, -0.2) is 4.39 Å². The van der Waals surface area contributed by atoms with Crippen molar-refractivity contribution in [2.24, 2.45) is 0 Å². The van der Waals surface area contributed by atoms with E-state index < -0.39 is 5.82 Å². The molecule has 15 heavy (non-hydrogen) atoms. The highest BCUT2D eigenvalue weighted by molar-refractivity contribution is 5.48. The molecule has 0 amide bonds. The Hall–Kier alpha value is -1.29. The van der Waals surface area contributed by atoms with Crippen LogP contribution >= 0.6 is 0 Å². The monoisotopic (exact) mass is 214 g/mol. The van der Waals surface area contributed by atoms with E-state index >= 15 is 0 Å². The topological polar surface area (TPSA) is 38.7 Å². The van der Waals surface area contributed by atoms with Crippen molar-refractivity contribution in [1.82, 2.24) is 0 Å². The second kappa shape index (κ2) is 4.98. The average molecular weight is 214 g/mol. The number of aliphatic hydroxyl groups is 1. The molecule has 1 N–H and O–H groups in total. The number of halogens is 1. The summed E-state index contributed by atoms with van der Waals surface area (Å²) in [6.07, 6.45) is 0. The van der Waals surface area contributed by atoms with Crippen molar-refractivity contribution < 1.29 is 19.0 Å². The first-order valence-corrected chi connectivity index (χ1v) is 4.66. The first-order valence-electron chi connectivity index (χ1n) is 4.66. The largest absolute Gasteiger partial charge is 0.493 e. The standard InChI is InChI=1S/C11H15FO3/c1-7(6-13)9-4-8(12)5-10(14-2)11(9)15-3/h4-5,7,13H,6H2,1-3H3. The van der Waals surface area contributed by atoms with Crippen molar-refractivity contribution >= 4 is 0 Å². The molecule has 1 atom stereocenters. The minimum absolute atomic E-state index is 0.0665. The molecule has 1 rings (SSSR count). The van der Waals surface area contributed by atoms with Crippen LogP contribution in [0.1, 0.15) is 18.4 Å². The van der Waals surface area contributed by atoms with Gasteiger partial charge in [0.15, 0.2) is 11.5 Å². The Morgan fingerprint density at radius 3 is 2.47 bits per heavy atom. The van der Waals surface area contributed by atoms with Gasteiger partial charge in [0.25, 0.3) is 0 Å². The summed E-state index contributed by atoms with van der Waals surface area (Å²) in [5.41, 5.74) is 0.608. The molecule has 0 spiro atoms. The second-order valence-electron chi connectivity index (χ2n) is 3.31. The van der Waals surface area contributed by atoms with Gasteiger partial charge in [-0.1, -0.05) is 6.92 Å². The minimum Gasteiger partial charge on any atom is -0.493 e. The van der Waals surface area contributed by atoms with Gasteiger partial charge in [-0.2, -0.15) is 0 Å². The zero-order chi connectivity index (χ0) is 11.4. The molecule has 0 aliphatic heterocycles. The molecular weight excluding hydrogens is 199 g/mol. The summed E-state index contributed by atoms with van der Waals surface area (Å²) in [5, 5.41) is 9.04. The molecule has 0 aliphatic rings. The molecule has 1 aromatic rings. The van der Waals surface area contributed by atoms with E-state index in [9.17, 15) is 4.39 Å². The van der Waals surface area contributed by atoms with Crippen LogP contribution in [0.3, 0.4) is 0 Å². The maximum atomic E-state index is 13.2. The van der Waals surface area contributed by atoms with Crippen molar-refractivity contribution in [1.29, 1.82) is 0 Å². The van der Waals surface area contributed by atoms with Crippen molar-refractivity contribution in [2.45, 2.75) is 12.8 Å². The Labute approximate surface area is 88.4 Å². The zero-order valence-corrected chi connectivity index (χ0v) is 9.08. The number of methoxy groups -OCH3 is 2. The van der Waals surface area contributed by atoms with Crippen molar-refractivity contribution in [3.63, 3.8) is 0 Å². The highest BCUT2D eigenvalue weighted by Crippen LogP contribution is 2.36. The SMILES string of the molecule is COc1cc(F)cc(C(C)CO)c1OC. The summed E-state index contributed by atoms with van der Waals surface area (Å²) in [6.45, 7) is 1.72. The van der Waals surface area contributed by atoms with Gasteiger partial charge in [0, 0.05) is 24.2 Å². The van der Waals surface area contributed by atoms with Gasteiger partial charge in [-0.3, -0.25) is 0 Å². The van der Waals surface area contributed by atoms with Crippen LogP contribution in [0.25, 0.3) is 0 Å². The number of aliphatic hydroxyl groups excluding tert-OH is 1. The third-order valence-corrected chi connectivity index (χ3v) is 2.28. The molecule has 3 nitrogen and oxygen atoms in total. The lowest BCUT2D eigenvalue weighted by Gasteiger charge is -2.16. The van der Waals surface area contributed by atoms with Gasteiger partial charge in [-0.15, -0.1) is 0 Å². The first-order chi connectivity index (χ1) is 7.13. The van der Waals surface area contributed by atoms with E-state index in [-0.39, 0.29) is 12.5 Å². The summed E-state index contributed by atoms with van der Waals surface area (Å²) in [6, 6.07) is 2.61. The lowest BCUT2D eigenvalue weighted by atomic mass is 10.0. The molecule has 4 heteroatoms. The molecule has 0 saturated carbocycles. The van der Waals surface area contributed by atoms with E-state index in [4.69, 9.17) is 14.6 Å². The molecule has 1 aromatic carbocycles. The Bertz CT molecular complexity index is 339. The average Bonchev–Trinajstić information content (AvgIpc) is 2.26. The van der Waals surface area contributed by atoms with E-state index in [0.29, 0.717) is 17.1 Å². The highest BCUT2D eigenvalue weighted by Gasteiger charge is 2.16. The Kier molecular flexibility index (Phi) is 3.91. The van der Waals surface area contributed by atoms with E-state index in [1.807, 2.05) is 0 Å². The van der Waals surface area contributed by atoms with Gasteiger partial charge < -0.3 is 14.6 Å². The lowest BCUT2D eigenvalue weighted by Crippen LogP contribution is -2.04. The van der Waals surface area contributed by atoms with E-state index in [1.54, 1.807) is 6.92 Å². The van der Waals surface area contributed by atoms with Gasteiger partial charge >= 0.3 is 0 Å². The van der Waals surface area contributed by atoms with Crippen LogP contribution in [-0.4, -0.2) is 25.9 Å². The van der Waals surface area contributed by atoms with Crippen LogP contribution < -0.4 is 9.47 Å². The van der Waals surface area contributed by atoms with E-state index in [0.717, 1.165) is 0 Å². The molecule has 0 heterocycles. The fourth-order valence-electron chi connectivity index (χ4n) is 1.42. The highest BCUT2D eigenvalue weighted by atomic mass is 19.1. The summed E-state index contributed by atoms with van der Waals surface area (Å²) in [5.74, 6) is 0.223. The minimum atomic E-state index is -0.400. The van der Waals surface area contributed by atoms with Crippen LogP contribution in [-0.2, 0) is 0 Å². The summed E-state index contributed by atoms with van der Waals surface area (Å²) >= 11 is 0. The van der Waals surface area contributed by atoms with Gasteiger partial charge in [-0.05, 0) is 6.07 Å². The number of ether oxygens (including phenoxy) is 2. The fraction of sp³-hybridized carbons (Fsp3) is 0.455. The Morgan fingerprint density at radius 1 is 1.33 bits per heavy atom. The number of rotatable bonds is 4. The second-order valence-corrected chi connectivity index (χ2v) is 3.31. The summed E-state index contributed by atoms with van der Waals surface area (Å²) < 4.78 is 23.4. The molecule has 0 radical (unpaired) electrons. The lowest BCUT2D eigenvalue weighted by molar-refractivity contribution is 0.267. The van der Waals surface area contributed by atoms with Crippen LogP contribution in [0.2, 0.25) is 0 Å². The smallest absolute Gasteiger partial charge is 0.164 e. The molecule has 1 unspecified atom stereocenters. The maximum Gasteiger partial charge on any atom is 0.164 e. The Morgan fingerprint density at radius 2 is 2.00 bits per heavy atom. The molecule has 0 saturated heterocycles. The molecule has 0 aliphatic carbocycles. The Balaban J connectivity index is 3.28. The van der Waals surface area contributed by atoms with Gasteiger partial charge in [0.05, 0.1) is 14.2 Å². The predicted molar refractivity (Wildman–Crippen MR) is 55.0 cm³/mol. The fourth-order valence-corrected chi connectivity index (χ4v) is 1.42. The van der Waals surface area contributed by atoms with Crippen molar-refractivity contribution in [3.05, 3.63) is 23.5 Å². The number of benzene rings is 1. The normalized spacial score (nSPS) is 12.3. The van der Waals surface area contributed by atoms with E-state index in [1.165, 1.54) is 26.4 Å². The third kappa shape index (κ3) is 2.39. The van der Waals surface area contributed by atoms with Crippen LogP contribution in [0.4, 0.5) is 4.39 Å². The van der Waals surface area contributed by atoms with E-state index in [2.05, 4.69) is 0 Å². The zero-order valence-electron chi connectivity index (χ0n) is 9.08.